The molecule has 4 nitrogen and oxygen atoms in total. The van der Waals surface area contributed by atoms with Crippen LogP contribution in [0.1, 0.15) is 82.3 Å². The van der Waals surface area contributed by atoms with E-state index in [1.807, 2.05) is 36.4 Å². The molecule has 4 aromatic rings. The monoisotopic (exact) mass is 546 g/mol. The zero-order chi connectivity index (χ0) is 28.1. The quantitative estimate of drug-likeness (QED) is 0.277. The topological polar surface area (TPSA) is 52.9 Å². The van der Waals surface area contributed by atoms with Gasteiger partial charge < -0.3 is 10.0 Å². The number of carboxylic acid groups (broad SMARTS) is 1. The second kappa shape index (κ2) is 10.1. The van der Waals surface area contributed by atoms with Crippen molar-refractivity contribution >= 4 is 45.9 Å². The number of rotatable bonds is 4. The van der Waals surface area contributed by atoms with E-state index in [1.165, 1.54) is 24.0 Å². The van der Waals surface area contributed by atoms with E-state index in [0.717, 1.165) is 50.6 Å². The lowest BCUT2D eigenvalue weighted by Crippen LogP contribution is -2.18. The van der Waals surface area contributed by atoms with Gasteiger partial charge in [-0.3, -0.25) is 0 Å². The Balaban J connectivity index is 1.56. The number of carbonyl (C=O) groups is 1. The Labute approximate surface area is 240 Å². The van der Waals surface area contributed by atoms with E-state index in [-0.39, 0.29) is 5.56 Å². The lowest BCUT2D eigenvalue weighted by Gasteiger charge is -2.31. The summed E-state index contributed by atoms with van der Waals surface area (Å²) in [5, 5.41) is 10.2. The van der Waals surface area contributed by atoms with Crippen LogP contribution < -0.4 is 4.90 Å². The molecule has 0 bridgehead atoms. The SMILES string of the molecule is C=C(c1ccc(Cl)cc1)c1ccc2c(c1)N=C(c1ccc(C(=O)O)cc1)c1cc3c(cc1N2C)C(C)CCC3C. The lowest BCUT2D eigenvalue weighted by molar-refractivity contribution is 0.0697. The predicted molar refractivity (Wildman–Crippen MR) is 165 cm³/mol. The van der Waals surface area contributed by atoms with Crippen molar-refractivity contribution in [2.45, 2.75) is 38.5 Å². The number of hydrogen-bond donors (Lipinski definition) is 1. The number of benzene rings is 4. The second-order valence-corrected chi connectivity index (χ2v) is 11.4. The Kier molecular flexibility index (Phi) is 6.59. The van der Waals surface area contributed by atoms with Gasteiger partial charge in [0.05, 0.1) is 28.3 Å². The molecule has 1 aliphatic carbocycles. The van der Waals surface area contributed by atoms with E-state index in [4.69, 9.17) is 16.6 Å². The molecule has 4 aromatic carbocycles. The van der Waals surface area contributed by atoms with Gasteiger partial charge in [0, 0.05) is 23.2 Å². The molecular weight excluding hydrogens is 516 g/mol. The van der Waals surface area contributed by atoms with Crippen molar-refractivity contribution in [2.75, 3.05) is 11.9 Å². The van der Waals surface area contributed by atoms with Gasteiger partial charge >= 0.3 is 5.97 Å². The lowest BCUT2D eigenvalue weighted by atomic mass is 9.76. The fraction of sp³-hybridized carbons (Fsp3) is 0.200. The van der Waals surface area contributed by atoms with Gasteiger partial charge in [-0.15, -0.1) is 0 Å². The van der Waals surface area contributed by atoms with Crippen LogP contribution in [-0.4, -0.2) is 23.8 Å². The molecule has 40 heavy (non-hydrogen) atoms. The molecule has 2 atom stereocenters. The molecule has 1 aliphatic heterocycles. The van der Waals surface area contributed by atoms with Crippen molar-refractivity contribution in [3.8, 4) is 0 Å². The van der Waals surface area contributed by atoms with Crippen LogP contribution in [0.25, 0.3) is 5.57 Å². The van der Waals surface area contributed by atoms with Gasteiger partial charge in [0.2, 0.25) is 0 Å². The maximum Gasteiger partial charge on any atom is 0.335 e. The van der Waals surface area contributed by atoms with Gasteiger partial charge in [-0.25, -0.2) is 9.79 Å². The van der Waals surface area contributed by atoms with Crippen LogP contribution in [0.5, 0.6) is 0 Å². The summed E-state index contributed by atoms with van der Waals surface area (Å²) >= 11 is 6.12. The third kappa shape index (κ3) is 4.52. The molecule has 0 amide bonds. The molecule has 2 aliphatic rings. The molecule has 0 radical (unpaired) electrons. The van der Waals surface area contributed by atoms with Crippen LogP contribution >= 0.6 is 11.6 Å². The first-order valence-electron chi connectivity index (χ1n) is 13.6. The molecule has 0 fully saturated rings. The molecule has 6 rings (SSSR count). The number of nitrogens with zero attached hydrogens (tertiary/aromatic N) is 2. The van der Waals surface area contributed by atoms with Crippen molar-refractivity contribution in [3.05, 3.63) is 129 Å². The van der Waals surface area contributed by atoms with Crippen LogP contribution in [-0.2, 0) is 0 Å². The predicted octanol–water partition coefficient (Wildman–Crippen LogP) is 9.35. The van der Waals surface area contributed by atoms with E-state index in [1.54, 1.807) is 12.1 Å². The third-order valence-electron chi connectivity index (χ3n) is 8.43. The molecule has 200 valence electrons. The van der Waals surface area contributed by atoms with Crippen LogP contribution in [0.4, 0.5) is 17.1 Å². The fourth-order valence-electron chi connectivity index (χ4n) is 5.96. The highest BCUT2D eigenvalue weighted by Crippen LogP contribution is 2.46. The number of aliphatic imine (C=N–C) groups is 1. The number of halogens is 1. The van der Waals surface area contributed by atoms with Crippen LogP contribution in [0.3, 0.4) is 0 Å². The Morgan fingerprint density at radius 3 is 2.10 bits per heavy atom. The highest BCUT2D eigenvalue weighted by atomic mass is 35.5. The largest absolute Gasteiger partial charge is 0.478 e. The molecule has 5 heteroatoms. The number of fused-ring (bicyclic) bond motifs is 3. The summed E-state index contributed by atoms with van der Waals surface area (Å²) in [7, 11) is 2.10. The molecule has 0 spiro atoms. The molecule has 0 saturated carbocycles. The highest BCUT2D eigenvalue weighted by Gasteiger charge is 2.29. The zero-order valence-electron chi connectivity index (χ0n) is 22.9. The fourth-order valence-corrected chi connectivity index (χ4v) is 6.08. The Morgan fingerprint density at radius 2 is 1.45 bits per heavy atom. The molecule has 0 aromatic heterocycles. The summed E-state index contributed by atoms with van der Waals surface area (Å²) in [5.41, 5.74) is 11.6. The van der Waals surface area contributed by atoms with Gasteiger partial charge in [-0.2, -0.15) is 0 Å². The van der Waals surface area contributed by atoms with Gasteiger partial charge in [0.1, 0.15) is 0 Å². The van der Waals surface area contributed by atoms with Gasteiger partial charge in [0.25, 0.3) is 0 Å². The maximum absolute atomic E-state index is 11.6. The van der Waals surface area contributed by atoms with Crippen molar-refractivity contribution in [1.82, 2.24) is 0 Å². The van der Waals surface area contributed by atoms with Gasteiger partial charge in [-0.05, 0) is 101 Å². The summed E-state index contributed by atoms with van der Waals surface area (Å²) in [6.45, 7) is 8.99. The smallest absolute Gasteiger partial charge is 0.335 e. The van der Waals surface area contributed by atoms with Crippen molar-refractivity contribution < 1.29 is 9.90 Å². The number of aromatic carboxylic acids is 1. The Morgan fingerprint density at radius 1 is 0.850 bits per heavy atom. The zero-order valence-corrected chi connectivity index (χ0v) is 23.7. The second-order valence-electron chi connectivity index (χ2n) is 11.0. The van der Waals surface area contributed by atoms with E-state index >= 15 is 0 Å². The number of anilines is 2. The van der Waals surface area contributed by atoms with Crippen LogP contribution in [0.2, 0.25) is 5.02 Å². The first-order valence-corrected chi connectivity index (χ1v) is 14.0. The standard InChI is InChI=1S/C35H31ClN2O2/c1-20-5-6-21(2)29-19-33-30(18-28(20)29)34(24-7-9-25(10-8-24)35(39)40)37-31-17-26(13-16-32(31)38(33)4)22(3)23-11-14-27(36)15-12-23/h7-21H,3,5-6H2,1-2,4H3,(H,39,40). The summed E-state index contributed by atoms with van der Waals surface area (Å²) in [6, 6.07) is 25.7. The molecular formula is C35H31ClN2O2. The molecule has 0 saturated heterocycles. The minimum absolute atomic E-state index is 0.255. The molecule has 1 N–H and O–H groups in total. The van der Waals surface area contributed by atoms with Gasteiger partial charge in [-0.1, -0.05) is 62.4 Å². The van der Waals surface area contributed by atoms with E-state index in [2.05, 4.69) is 62.7 Å². The Bertz CT molecular complexity index is 1690. The summed E-state index contributed by atoms with van der Waals surface area (Å²) < 4.78 is 0. The van der Waals surface area contributed by atoms with E-state index < -0.39 is 5.97 Å². The van der Waals surface area contributed by atoms with Crippen LogP contribution in [0, 0.1) is 0 Å². The molecule has 2 unspecified atom stereocenters. The maximum atomic E-state index is 11.6. The van der Waals surface area contributed by atoms with Crippen LogP contribution in [0.15, 0.2) is 90.4 Å². The van der Waals surface area contributed by atoms with Crippen molar-refractivity contribution in [1.29, 1.82) is 0 Å². The van der Waals surface area contributed by atoms with Crippen molar-refractivity contribution in [2.24, 2.45) is 4.99 Å². The summed E-state index contributed by atoms with van der Waals surface area (Å²) in [5.74, 6) is 0.0207. The Hall–Kier alpha value is -4.15. The minimum atomic E-state index is -0.943. The van der Waals surface area contributed by atoms with E-state index in [9.17, 15) is 9.90 Å². The minimum Gasteiger partial charge on any atom is -0.478 e. The first-order chi connectivity index (χ1) is 19.2. The van der Waals surface area contributed by atoms with Crippen molar-refractivity contribution in [3.63, 3.8) is 0 Å². The average Bonchev–Trinajstić information content (AvgIpc) is 3.08. The average molecular weight is 547 g/mol. The highest BCUT2D eigenvalue weighted by molar-refractivity contribution is 6.30. The molecule has 1 heterocycles. The van der Waals surface area contributed by atoms with Gasteiger partial charge in [0.15, 0.2) is 0 Å². The number of carboxylic acids is 1. The summed E-state index contributed by atoms with van der Waals surface area (Å²) in [6.07, 6.45) is 2.35. The summed E-state index contributed by atoms with van der Waals surface area (Å²) in [4.78, 5) is 19.1. The normalized spacial score (nSPS) is 17.7. The third-order valence-corrected chi connectivity index (χ3v) is 8.68. The first kappa shape index (κ1) is 26.1. The van der Waals surface area contributed by atoms with E-state index in [0.29, 0.717) is 16.9 Å². The number of hydrogen-bond acceptors (Lipinski definition) is 3.